The van der Waals surface area contributed by atoms with E-state index >= 15 is 0 Å². The average Bonchev–Trinajstić information content (AvgIpc) is 3.12. The first kappa shape index (κ1) is 22.8. The Morgan fingerprint density at radius 2 is 1.88 bits per heavy atom. The lowest BCUT2D eigenvalue weighted by atomic mass is 10.0. The molecule has 1 aliphatic heterocycles. The predicted molar refractivity (Wildman–Crippen MR) is 114 cm³/mol. The van der Waals surface area contributed by atoms with E-state index < -0.39 is 23.8 Å². The highest BCUT2D eigenvalue weighted by Crippen LogP contribution is 2.31. The van der Waals surface area contributed by atoms with Crippen LogP contribution in [0, 0.1) is 6.92 Å². The molecule has 0 saturated carbocycles. The number of hydrogen-bond donors (Lipinski definition) is 1. The number of rotatable bonds is 8. The van der Waals surface area contributed by atoms with E-state index in [1.165, 1.54) is 12.1 Å². The van der Waals surface area contributed by atoms with Crippen LogP contribution in [0.1, 0.15) is 29.0 Å². The van der Waals surface area contributed by atoms with E-state index in [0.29, 0.717) is 48.8 Å². The van der Waals surface area contributed by atoms with Gasteiger partial charge in [0.05, 0.1) is 17.9 Å². The van der Waals surface area contributed by atoms with Crippen molar-refractivity contribution >= 4 is 5.97 Å². The highest BCUT2D eigenvalue weighted by Gasteiger charge is 2.33. The topological polar surface area (TPSA) is 75.8 Å². The molecule has 0 aliphatic carbocycles. The van der Waals surface area contributed by atoms with E-state index in [2.05, 4.69) is 4.98 Å². The summed E-state index contributed by atoms with van der Waals surface area (Å²) < 4.78 is 49.6. The fourth-order valence-electron chi connectivity index (χ4n) is 3.69. The van der Waals surface area contributed by atoms with Crippen LogP contribution < -0.4 is 4.74 Å². The van der Waals surface area contributed by atoms with Gasteiger partial charge in [-0.3, -0.25) is 9.69 Å². The first-order chi connectivity index (χ1) is 15.7. The summed E-state index contributed by atoms with van der Waals surface area (Å²) >= 11 is 0. The van der Waals surface area contributed by atoms with Gasteiger partial charge in [0.2, 0.25) is 5.89 Å². The molecule has 1 aliphatic rings. The van der Waals surface area contributed by atoms with Gasteiger partial charge >= 0.3 is 12.1 Å². The molecule has 3 aromatic rings. The van der Waals surface area contributed by atoms with Crippen molar-refractivity contribution in [3.63, 3.8) is 0 Å². The highest BCUT2D eigenvalue weighted by molar-refractivity contribution is 5.74. The minimum atomic E-state index is -4.39. The van der Waals surface area contributed by atoms with Crippen molar-refractivity contribution in [3.8, 4) is 17.2 Å². The second kappa shape index (κ2) is 9.27. The maximum atomic E-state index is 12.7. The normalized spacial score (nSPS) is 16.4. The molecule has 4 rings (SSSR count). The zero-order valence-electron chi connectivity index (χ0n) is 17.9. The third-order valence-electron chi connectivity index (χ3n) is 5.68. The number of carboxylic acids is 1. The zero-order valence-corrected chi connectivity index (χ0v) is 17.9. The fourth-order valence-corrected chi connectivity index (χ4v) is 3.69. The largest absolute Gasteiger partial charge is 0.493 e. The van der Waals surface area contributed by atoms with Gasteiger partial charge in [0.25, 0.3) is 0 Å². The Balaban J connectivity index is 1.30. The Hall–Kier alpha value is -3.33. The third-order valence-corrected chi connectivity index (χ3v) is 5.68. The number of aryl methyl sites for hydroxylation is 1. The number of halogens is 3. The summed E-state index contributed by atoms with van der Waals surface area (Å²) in [5.41, 5.74) is 1.45. The van der Waals surface area contributed by atoms with Crippen LogP contribution in [0.2, 0.25) is 0 Å². The number of carbonyl (C=O) groups is 1. The van der Waals surface area contributed by atoms with Gasteiger partial charge < -0.3 is 14.3 Å². The number of aromatic nitrogens is 1. The van der Waals surface area contributed by atoms with Gasteiger partial charge in [-0.2, -0.15) is 13.2 Å². The van der Waals surface area contributed by atoms with E-state index in [9.17, 15) is 18.0 Å². The summed E-state index contributed by atoms with van der Waals surface area (Å²) in [5.74, 6) is 0.754. The van der Waals surface area contributed by atoms with Gasteiger partial charge in [-0.15, -0.1) is 0 Å². The number of likely N-dealkylation sites (tertiary alicyclic amines) is 1. The lowest BCUT2D eigenvalue weighted by molar-refractivity contribution is -0.148. The van der Waals surface area contributed by atoms with Crippen molar-refractivity contribution in [1.29, 1.82) is 0 Å². The second-order valence-corrected chi connectivity index (χ2v) is 7.95. The Labute approximate surface area is 188 Å². The molecule has 2 heterocycles. The zero-order chi connectivity index (χ0) is 23.6. The third kappa shape index (κ3) is 5.36. The molecule has 33 heavy (non-hydrogen) atoms. The van der Waals surface area contributed by atoms with Crippen molar-refractivity contribution in [2.45, 2.75) is 38.5 Å². The lowest BCUT2D eigenvalue weighted by Gasteiger charge is -2.37. The molecule has 1 fully saturated rings. The summed E-state index contributed by atoms with van der Waals surface area (Å²) in [5, 5.41) is 9.13. The van der Waals surface area contributed by atoms with E-state index in [1.807, 2.05) is 29.2 Å². The van der Waals surface area contributed by atoms with Crippen LogP contribution in [0.4, 0.5) is 13.2 Å². The predicted octanol–water partition coefficient (Wildman–Crippen LogP) is 4.95. The smallest absolute Gasteiger partial charge is 0.416 e. The molecule has 1 aromatic heterocycles. The molecule has 1 N–H and O–H groups in total. The fraction of sp³-hybridized carbons (Fsp3) is 0.333. The molecule has 0 bridgehead atoms. The molecule has 174 valence electrons. The summed E-state index contributed by atoms with van der Waals surface area (Å²) in [7, 11) is 0. The summed E-state index contributed by atoms with van der Waals surface area (Å²) in [6.45, 7) is 3.47. The van der Waals surface area contributed by atoms with Crippen LogP contribution in [0.15, 0.2) is 52.9 Å². The van der Waals surface area contributed by atoms with Crippen LogP contribution in [0.5, 0.6) is 5.75 Å². The number of nitrogens with zero attached hydrogens (tertiary/aromatic N) is 2. The van der Waals surface area contributed by atoms with Crippen LogP contribution in [0.3, 0.4) is 0 Å². The number of benzene rings is 2. The number of ether oxygens (including phenoxy) is 1. The second-order valence-electron chi connectivity index (χ2n) is 7.95. The summed E-state index contributed by atoms with van der Waals surface area (Å²) in [6.07, 6.45) is -3.23. The van der Waals surface area contributed by atoms with Gasteiger partial charge in [0, 0.05) is 25.1 Å². The molecule has 6 nitrogen and oxygen atoms in total. The molecule has 9 heteroatoms. The molecular weight excluding hydrogens is 437 g/mol. The number of oxazole rings is 1. The van der Waals surface area contributed by atoms with Crippen molar-refractivity contribution < 1.29 is 32.2 Å². The average molecular weight is 460 g/mol. The van der Waals surface area contributed by atoms with E-state index in [-0.39, 0.29) is 5.89 Å². The molecule has 0 unspecified atom stereocenters. The van der Waals surface area contributed by atoms with Crippen LogP contribution in [0.25, 0.3) is 11.5 Å². The molecule has 0 amide bonds. The van der Waals surface area contributed by atoms with Crippen molar-refractivity contribution in [1.82, 2.24) is 9.88 Å². The summed E-state index contributed by atoms with van der Waals surface area (Å²) in [6, 6.07) is 11.8. The van der Waals surface area contributed by atoms with Gasteiger partial charge in [0.15, 0.2) is 0 Å². The van der Waals surface area contributed by atoms with Crippen LogP contribution in [-0.2, 0) is 23.9 Å². The molecule has 0 spiro atoms. The van der Waals surface area contributed by atoms with E-state index in [0.717, 1.165) is 24.2 Å². The first-order valence-electron chi connectivity index (χ1n) is 10.5. The van der Waals surface area contributed by atoms with E-state index in [1.54, 1.807) is 6.92 Å². The number of hydrogen-bond acceptors (Lipinski definition) is 5. The van der Waals surface area contributed by atoms with Crippen molar-refractivity contribution in [3.05, 3.63) is 71.1 Å². The maximum Gasteiger partial charge on any atom is 0.416 e. The molecular formula is C24H23F3N2O4. The van der Waals surface area contributed by atoms with Crippen LogP contribution in [-0.4, -0.2) is 40.2 Å². The Morgan fingerprint density at radius 1 is 1.18 bits per heavy atom. The number of aliphatic carboxylic acids is 1. The Morgan fingerprint density at radius 3 is 2.45 bits per heavy atom. The first-order valence-corrected chi connectivity index (χ1v) is 10.5. The SMILES string of the molecule is Cc1oc(-c2ccc(C(F)(F)F)cc2)nc1CCOc1ccc(CN2CC[C@@H]2C(=O)O)cc1. The molecule has 1 saturated heterocycles. The van der Waals surface area contributed by atoms with Gasteiger partial charge in [-0.1, -0.05) is 12.1 Å². The Bertz CT molecular complexity index is 1110. The van der Waals surface area contributed by atoms with Gasteiger partial charge in [0.1, 0.15) is 17.6 Å². The minimum absolute atomic E-state index is 0.270. The molecule has 1 atom stereocenters. The number of carboxylic acid groups (broad SMARTS) is 1. The van der Waals surface area contributed by atoms with Gasteiger partial charge in [-0.25, -0.2) is 4.98 Å². The maximum absolute atomic E-state index is 12.7. The standard InChI is InChI=1S/C24H23F3N2O4/c1-15-20(28-22(33-15)17-4-6-18(7-5-17)24(25,26)27)11-13-32-19-8-2-16(3-9-19)14-29-12-10-21(29)23(30)31/h2-9,21H,10-14H2,1H3,(H,30,31)/t21-/m1/s1. The molecule has 0 radical (unpaired) electrons. The van der Waals surface area contributed by atoms with E-state index in [4.69, 9.17) is 14.3 Å². The van der Waals surface area contributed by atoms with Crippen molar-refractivity contribution in [2.24, 2.45) is 0 Å². The number of alkyl halides is 3. The highest BCUT2D eigenvalue weighted by atomic mass is 19.4. The minimum Gasteiger partial charge on any atom is -0.493 e. The quantitative estimate of drug-likeness (QED) is 0.513. The molecule has 2 aromatic carbocycles. The summed E-state index contributed by atoms with van der Waals surface area (Å²) in [4.78, 5) is 17.4. The van der Waals surface area contributed by atoms with Crippen LogP contribution >= 0.6 is 0 Å². The lowest BCUT2D eigenvalue weighted by Crippen LogP contribution is -2.51. The van der Waals surface area contributed by atoms with Gasteiger partial charge in [-0.05, 0) is 55.3 Å². The monoisotopic (exact) mass is 460 g/mol. The Kier molecular flexibility index (Phi) is 6.42. The van der Waals surface area contributed by atoms with Crippen molar-refractivity contribution in [2.75, 3.05) is 13.2 Å².